The summed E-state index contributed by atoms with van der Waals surface area (Å²) in [7, 11) is -1.98. The number of amides is 1. The number of anilines is 2. The summed E-state index contributed by atoms with van der Waals surface area (Å²) in [5.74, 6) is -2.21. The SMILES string of the molecule is C[C@@H](Oc1ccc(N(C)S(C)(=O)=O)cc1)C(=O)Nc1c(F)cccc1F. The minimum atomic E-state index is -3.39. The molecule has 0 unspecified atom stereocenters. The Kier molecular flexibility index (Phi) is 5.81. The van der Waals surface area contributed by atoms with E-state index in [1.165, 1.54) is 44.3 Å². The Labute approximate surface area is 150 Å². The summed E-state index contributed by atoms with van der Waals surface area (Å²) < 4.78 is 56.6. The Hall–Kier alpha value is -2.68. The molecular formula is C17H18F2N2O4S. The van der Waals surface area contributed by atoms with E-state index in [4.69, 9.17) is 4.74 Å². The molecule has 140 valence electrons. The van der Waals surface area contributed by atoms with Crippen LogP contribution in [0.1, 0.15) is 6.92 Å². The van der Waals surface area contributed by atoms with Gasteiger partial charge in [0, 0.05) is 7.05 Å². The molecule has 0 saturated heterocycles. The van der Waals surface area contributed by atoms with Gasteiger partial charge in [0.1, 0.15) is 23.1 Å². The third kappa shape index (κ3) is 4.69. The summed E-state index contributed by atoms with van der Waals surface area (Å²) in [6.07, 6.45) is 0.0403. The van der Waals surface area contributed by atoms with Gasteiger partial charge in [-0.15, -0.1) is 0 Å². The molecule has 0 fully saturated rings. The average molecular weight is 384 g/mol. The average Bonchev–Trinajstić information content (AvgIpc) is 2.57. The molecule has 0 aliphatic rings. The summed E-state index contributed by atoms with van der Waals surface area (Å²) in [5, 5.41) is 2.15. The van der Waals surface area contributed by atoms with Crippen LogP contribution < -0.4 is 14.4 Å². The standard InChI is InChI=1S/C17H18F2N2O4S/c1-11(17(22)20-16-14(18)5-4-6-15(16)19)25-13-9-7-12(8-10-13)21(2)26(3,23)24/h4-11H,1-3H3,(H,20,22)/t11-/m1/s1. The molecule has 0 spiro atoms. The number of halogens is 2. The number of rotatable bonds is 6. The Morgan fingerprint density at radius 2 is 1.65 bits per heavy atom. The lowest BCUT2D eigenvalue weighted by Crippen LogP contribution is -2.31. The van der Waals surface area contributed by atoms with Crippen LogP contribution in [0.25, 0.3) is 0 Å². The molecule has 26 heavy (non-hydrogen) atoms. The predicted octanol–water partition coefficient (Wildman–Crippen LogP) is 2.77. The first-order chi connectivity index (χ1) is 12.1. The van der Waals surface area contributed by atoms with Crippen LogP contribution in [0.2, 0.25) is 0 Å². The summed E-state index contributed by atoms with van der Waals surface area (Å²) in [6.45, 7) is 1.42. The highest BCUT2D eigenvalue weighted by atomic mass is 32.2. The second kappa shape index (κ2) is 7.69. The minimum Gasteiger partial charge on any atom is -0.481 e. The van der Waals surface area contributed by atoms with E-state index in [-0.39, 0.29) is 0 Å². The molecule has 0 aliphatic heterocycles. The monoisotopic (exact) mass is 384 g/mol. The lowest BCUT2D eigenvalue weighted by molar-refractivity contribution is -0.122. The van der Waals surface area contributed by atoms with Crippen LogP contribution >= 0.6 is 0 Å². The van der Waals surface area contributed by atoms with Gasteiger partial charge in [0.2, 0.25) is 10.0 Å². The summed E-state index contributed by atoms with van der Waals surface area (Å²) in [6, 6.07) is 9.25. The van der Waals surface area contributed by atoms with E-state index in [0.717, 1.165) is 22.7 Å². The van der Waals surface area contributed by atoms with E-state index in [9.17, 15) is 22.0 Å². The maximum absolute atomic E-state index is 13.6. The lowest BCUT2D eigenvalue weighted by Gasteiger charge is -2.18. The fraction of sp³-hybridized carbons (Fsp3) is 0.235. The van der Waals surface area contributed by atoms with Crippen LogP contribution in [0.15, 0.2) is 42.5 Å². The van der Waals surface area contributed by atoms with Crippen LogP contribution in [0.4, 0.5) is 20.2 Å². The van der Waals surface area contributed by atoms with Crippen molar-refractivity contribution in [3.8, 4) is 5.75 Å². The number of hydrogen-bond acceptors (Lipinski definition) is 4. The summed E-state index contributed by atoms with van der Waals surface area (Å²) in [5.41, 5.74) is -0.122. The first-order valence-corrected chi connectivity index (χ1v) is 9.40. The number of carbonyl (C=O) groups is 1. The van der Waals surface area contributed by atoms with Gasteiger partial charge >= 0.3 is 0 Å². The van der Waals surface area contributed by atoms with E-state index < -0.39 is 39.4 Å². The normalized spacial score (nSPS) is 12.3. The topological polar surface area (TPSA) is 75.7 Å². The predicted molar refractivity (Wildman–Crippen MR) is 94.8 cm³/mol. The number of ether oxygens (including phenoxy) is 1. The van der Waals surface area contributed by atoms with E-state index >= 15 is 0 Å². The molecule has 1 amide bonds. The van der Waals surface area contributed by atoms with E-state index in [1.807, 2.05) is 0 Å². The molecule has 2 aromatic rings. The van der Waals surface area contributed by atoms with Gasteiger partial charge in [0.15, 0.2) is 6.10 Å². The maximum atomic E-state index is 13.6. The van der Waals surface area contributed by atoms with Crippen LogP contribution in [0.3, 0.4) is 0 Å². The third-order valence-electron chi connectivity index (χ3n) is 3.59. The van der Waals surface area contributed by atoms with Crippen molar-refractivity contribution in [2.45, 2.75) is 13.0 Å². The highest BCUT2D eigenvalue weighted by Crippen LogP contribution is 2.22. The smallest absolute Gasteiger partial charge is 0.265 e. The van der Waals surface area contributed by atoms with Crippen molar-refractivity contribution in [2.24, 2.45) is 0 Å². The zero-order valence-electron chi connectivity index (χ0n) is 14.4. The quantitative estimate of drug-likeness (QED) is 0.831. The van der Waals surface area contributed by atoms with Gasteiger partial charge in [-0.25, -0.2) is 17.2 Å². The fourth-order valence-electron chi connectivity index (χ4n) is 2.03. The fourth-order valence-corrected chi connectivity index (χ4v) is 2.53. The van der Waals surface area contributed by atoms with Crippen LogP contribution in [0.5, 0.6) is 5.75 Å². The summed E-state index contributed by atoms with van der Waals surface area (Å²) >= 11 is 0. The molecule has 9 heteroatoms. The van der Waals surface area contributed by atoms with Crippen molar-refractivity contribution in [1.29, 1.82) is 0 Å². The lowest BCUT2D eigenvalue weighted by atomic mass is 10.2. The number of carbonyl (C=O) groups excluding carboxylic acids is 1. The van der Waals surface area contributed by atoms with Gasteiger partial charge in [-0.3, -0.25) is 9.10 Å². The molecule has 0 bridgehead atoms. The van der Waals surface area contributed by atoms with Crippen molar-refractivity contribution >= 4 is 27.3 Å². The summed E-state index contributed by atoms with van der Waals surface area (Å²) in [4.78, 5) is 12.1. The first-order valence-electron chi connectivity index (χ1n) is 7.55. The zero-order chi connectivity index (χ0) is 19.5. The van der Waals surface area contributed by atoms with Crippen LogP contribution in [-0.4, -0.2) is 33.7 Å². The first kappa shape index (κ1) is 19.6. The molecule has 0 heterocycles. The van der Waals surface area contributed by atoms with Crippen LogP contribution in [0, 0.1) is 11.6 Å². The number of hydrogen-bond donors (Lipinski definition) is 1. The minimum absolute atomic E-state index is 0.298. The number of para-hydroxylation sites is 1. The molecule has 1 N–H and O–H groups in total. The molecule has 1 atom stereocenters. The molecule has 2 aromatic carbocycles. The van der Waals surface area contributed by atoms with Crippen molar-refractivity contribution in [3.05, 3.63) is 54.1 Å². The second-order valence-corrected chi connectivity index (χ2v) is 7.58. The Morgan fingerprint density at radius 3 is 2.15 bits per heavy atom. The van der Waals surface area contributed by atoms with E-state index in [1.54, 1.807) is 0 Å². The van der Waals surface area contributed by atoms with Crippen molar-refractivity contribution in [3.63, 3.8) is 0 Å². The maximum Gasteiger partial charge on any atom is 0.265 e. The van der Waals surface area contributed by atoms with Crippen molar-refractivity contribution < 1.29 is 26.7 Å². The Morgan fingerprint density at radius 1 is 1.12 bits per heavy atom. The number of benzene rings is 2. The molecule has 0 aromatic heterocycles. The highest BCUT2D eigenvalue weighted by Gasteiger charge is 2.19. The van der Waals surface area contributed by atoms with Crippen molar-refractivity contribution in [1.82, 2.24) is 0 Å². The number of nitrogens with zero attached hydrogens (tertiary/aromatic N) is 1. The van der Waals surface area contributed by atoms with Gasteiger partial charge in [-0.1, -0.05) is 6.07 Å². The van der Waals surface area contributed by atoms with Gasteiger partial charge in [-0.2, -0.15) is 0 Å². The van der Waals surface area contributed by atoms with E-state index in [2.05, 4.69) is 5.32 Å². The molecule has 0 radical (unpaired) electrons. The van der Waals surface area contributed by atoms with E-state index in [0.29, 0.717) is 11.4 Å². The van der Waals surface area contributed by atoms with Gasteiger partial charge in [-0.05, 0) is 43.3 Å². The van der Waals surface area contributed by atoms with Crippen molar-refractivity contribution in [2.75, 3.05) is 22.9 Å². The number of sulfonamides is 1. The molecule has 0 saturated carbocycles. The highest BCUT2D eigenvalue weighted by molar-refractivity contribution is 7.92. The molecular weight excluding hydrogens is 366 g/mol. The van der Waals surface area contributed by atoms with Gasteiger partial charge < -0.3 is 10.1 Å². The van der Waals surface area contributed by atoms with Gasteiger partial charge in [0.05, 0.1) is 11.9 Å². The van der Waals surface area contributed by atoms with Crippen LogP contribution in [-0.2, 0) is 14.8 Å². The van der Waals surface area contributed by atoms with Gasteiger partial charge in [0.25, 0.3) is 5.91 Å². The molecule has 0 aliphatic carbocycles. The number of nitrogens with one attached hydrogen (secondary N) is 1. The third-order valence-corrected chi connectivity index (χ3v) is 4.80. The molecule has 6 nitrogen and oxygen atoms in total. The largest absolute Gasteiger partial charge is 0.481 e. The molecule has 2 rings (SSSR count). The second-order valence-electron chi connectivity index (χ2n) is 5.57. The Balaban J connectivity index is 2.05. The Bertz CT molecular complexity index is 881. The zero-order valence-corrected chi connectivity index (χ0v) is 15.2.